The van der Waals surface area contributed by atoms with Crippen LogP contribution in [0.5, 0.6) is 0 Å². The highest BCUT2D eigenvalue weighted by atomic mass is 16.4. The standard InChI is InChI=1S/C11H8N2O2/c1-13-10-5-3-2-4-8(10)9(12-13)6-7-11(14)15/h2-5H,1H3,(H,14,15). The van der Waals surface area contributed by atoms with E-state index in [0.717, 1.165) is 10.9 Å². The minimum absolute atomic E-state index is 0.496. The molecular formula is C11H8N2O2. The third-order valence-corrected chi connectivity index (χ3v) is 2.05. The summed E-state index contributed by atoms with van der Waals surface area (Å²) in [7, 11) is 1.80. The zero-order valence-electron chi connectivity index (χ0n) is 8.06. The highest BCUT2D eigenvalue weighted by Gasteiger charge is 2.04. The van der Waals surface area contributed by atoms with Crippen LogP contribution in [0.25, 0.3) is 10.9 Å². The van der Waals surface area contributed by atoms with E-state index >= 15 is 0 Å². The van der Waals surface area contributed by atoms with Crippen molar-refractivity contribution < 1.29 is 9.90 Å². The van der Waals surface area contributed by atoms with Gasteiger partial charge in [-0.05, 0) is 18.1 Å². The monoisotopic (exact) mass is 200 g/mol. The predicted octanol–water partition coefficient (Wildman–Crippen LogP) is 1.01. The highest BCUT2D eigenvalue weighted by Crippen LogP contribution is 2.15. The van der Waals surface area contributed by atoms with Gasteiger partial charge in [0, 0.05) is 18.4 Å². The number of aryl methyl sites for hydroxylation is 1. The average molecular weight is 200 g/mol. The zero-order valence-corrected chi connectivity index (χ0v) is 8.06. The van der Waals surface area contributed by atoms with Crippen LogP contribution in [0.2, 0.25) is 0 Å². The van der Waals surface area contributed by atoms with E-state index < -0.39 is 5.97 Å². The van der Waals surface area contributed by atoms with Crippen LogP contribution >= 0.6 is 0 Å². The molecule has 4 nitrogen and oxygen atoms in total. The Balaban J connectivity index is 2.64. The SMILES string of the molecule is Cn1nc(C#CC(=O)O)c2ccccc21. The Kier molecular flexibility index (Phi) is 2.14. The van der Waals surface area contributed by atoms with Crippen LogP contribution in [0, 0.1) is 11.8 Å². The van der Waals surface area contributed by atoms with Crippen molar-refractivity contribution in [2.24, 2.45) is 7.05 Å². The molecule has 0 atom stereocenters. The Morgan fingerprint density at radius 1 is 1.47 bits per heavy atom. The minimum Gasteiger partial charge on any atom is -0.472 e. The largest absolute Gasteiger partial charge is 0.472 e. The lowest BCUT2D eigenvalue weighted by Gasteiger charge is -1.89. The van der Waals surface area contributed by atoms with Crippen LogP contribution in [-0.2, 0) is 11.8 Å². The molecule has 1 heterocycles. The molecule has 0 unspecified atom stereocenters. The molecule has 1 N–H and O–H groups in total. The van der Waals surface area contributed by atoms with Gasteiger partial charge in [0.2, 0.25) is 0 Å². The number of hydrogen-bond donors (Lipinski definition) is 1. The van der Waals surface area contributed by atoms with E-state index in [9.17, 15) is 4.79 Å². The van der Waals surface area contributed by atoms with E-state index in [-0.39, 0.29) is 0 Å². The Bertz CT molecular complexity index is 587. The van der Waals surface area contributed by atoms with Crippen molar-refractivity contribution in [2.45, 2.75) is 0 Å². The molecule has 0 saturated carbocycles. The smallest absolute Gasteiger partial charge is 0.382 e. The van der Waals surface area contributed by atoms with Crippen molar-refractivity contribution in [3.8, 4) is 11.8 Å². The Morgan fingerprint density at radius 2 is 2.20 bits per heavy atom. The van der Waals surface area contributed by atoms with Gasteiger partial charge in [0.1, 0.15) is 5.69 Å². The second-order valence-electron chi connectivity index (χ2n) is 3.04. The number of carboxylic acid groups (broad SMARTS) is 1. The Labute approximate surface area is 86.1 Å². The fourth-order valence-electron chi connectivity index (χ4n) is 1.42. The number of hydrogen-bond acceptors (Lipinski definition) is 2. The molecule has 1 aromatic carbocycles. The van der Waals surface area contributed by atoms with Crippen LogP contribution < -0.4 is 0 Å². The number of benzene rings is 1. The molecule has 0 radical (unpaired) electrons. The van der Waals surface area contributed by atoms with Gasteiger partial charge < -0.3 is 5.11 Å². The lowest BCUT2D eigenvalue weighted by Crippen LogP contribution is -1.90. The van der Waals surface area contributed by atoms with Crippen molar-refractivity contribution in [3.05, 3.63) is 30.0 Å². The summed E-state index contributed by atoms with van der Waals surface area (Å²) in [6, 6.07) is 7.55. The summed E-state index contributed by atoms with van der Waals surface area (Å²) in [6.07, 6.45) is 0. The summed E-state index contributed by atoms with van der Waals surface area (Å²) in [5.41, 5.74) is 1.43. The van der Waals surface area contributed by atoms with Crippen molar-refractivity contribution in [2.75, 3.05) is 0 Å². The average Bonchev–Trinajstić information content (AvgIpc) is 2.54. The molecule has 0 fully saturated rings. The normalized spacial score (nSPS) is 9.67. The van der Waals surface area contributed by atoms with Crippen molar-refractivity contribution in [3.63, 3.8) is 0 Å². The summed E-state index contributed by atoms with van der Waals surface area (Å²) in [6.45, 7) is 0. The Morgan fingerprint density at radius 3 is 2.93 bits per heavy atom. The molecule has 2 rings (SSSR count). The number of carboxylic acids is 1. The van der Waals surface area contributed by atoms with Crippen LogP contribution in [-0.4, -0.2) is 20.9 Å². The summed E-state index contributed by atoms with van der Waals surface area (Å²) >= 11 is 0. The molecule has 0 aliphatic heterocycles. The lowest BCUT2D eigenvalue weighted by atomic mass is 10.2. The molecule has 74 valence electrons. The zero-order chi connectivity index (χ0) is 10.8. The molecule has 0 aliphatic rings. The maximum absolute atomic E-state index is 10.3. The van der Waals surface area contributed by atoms with Gasteiger partial charge >= 0.3 is 5.97 Å². The maximum Gasteiger partial charge on any atom is 0.382 e. The van der Waals surface area contributed by atoms with Crippen molar-refractivity contribution >= 4 is 16.9 Å². The highest BCUT2D eigenvalue weighted by molar-refractivity contribution is 5.90. The summed E-state index contributed by atoms with van der Waals surface area (Å²) in [4.78, 5) is 10.3. The third-order valence-electron chi connectivity index (χ3n) is 2.05. The lowest BCUT2D eigenvalue weighted by molar-refractivity contribution is -0.130. The first-order valence-electron chi connectivity index (χ1n) is 4.35. The van der Waals surface area contributed by atoms with Gasteiger partial charge in [-0.25, -0.2) is 4.79 Å². The fraction of sp³-hybridized carbons (Fsp3) is 0.0909. The van der Waals surface area contributed by atoms with Crippen molar-refractivity contribution in [1.82, 2.24) is 9.78 Å². The molecule has 0 aliphatic carbocycles. The van der Waals surface area contributed by atoms with Gasteiger partial charge in [-0.15, -0.1) is 0 Å². The number of aromatic nitrogens is 2. The van der Waals surface area contributed by atoms with E-state index in [1.807, 2.05) is 24.3 Å². The number of para-hydroxylation sites is 1. The predicted molar refractivity (Wildman–Crippen MR) is 55.2 cm³/mol. The number of aliphatic carboxylic acids is 1. The first-order valence-corrected chi connectivity index (χ1v) is 4.35. The third kappa shape index (κ3) is 1.67. The molecule has 2 aromatic rings. The summed E-state index contributed by atoms with van der Waals surface area (Å²) in [5.74, 6) is 3.44. The molecule has 0 bridgehead atoms. The van der Waals surface area contributed by atoms with Gasteiger partial charge in [-0.3, -0.25) is 4.68 Å². The van der Waals surface area contributed by atoms with Gasteiger partial charge in [-0.2, -0.15) is 5.10 Å². The van der Waals surface area contributed by atoms with E-state index in [2.05, 4.69) is 16.9 Å². The number of fused-ring (bicyclic) bond motifs is 1. The quantitative estimate of drug-likeness (QED) is 0.646. The number of rotatable bonds is 0. The molecule has 1 aromatic heterocycles. The topological polar surface area (TPSA) is 55.1 Å². The molecule has 0 saturated heterocycles. The van der Waals surface area contributed by atoms with Crippen LogP contribution in [0.1, 0.15) is 5.69 Å². The van der Waals surface area contributed by atoms with Crippen LogP contribution in [0.3, 0.4) is 0 Å². The fourth-order valence-corrected chi connectivity index (χ4v) is 1.42. The first-order chi connectivity index (χ1) is 7.18. The summed E-state index contributed by atoms with van der Waals surface area (Å²) in [5, 5.41) is 13.5. The summed E-state index contributed by atoms with van der Waals surface area (Å²) < 4.78 is 1.68. The second kappa shape index (κ2) is 3.46. The van der Waals surface area contributed by atoms with E-state index in [1.165, 1.54) is 0 Å². The molecular weight excluding hydrogens is 192 g/mol. The Hall–Kier alpha value is -2.28. The van der Waals surface area contributed by atoms with Crippen LogP contribution in [0.15, 0.2) is 24.3 Å². The van der Waals surface area contributed by atoms with Gasteiger partial charge in [0.15, 0.2) is 0 Å². The van der Waals surface area contributed by atoms with Crippen molar-refractivity contribution in [1.29, 1.82) is 0 Å². The molecule has 0 amide bonds. The van der Waals surface area contributed by atoms with Gasteiger partial charge in [-0.1, -0.05) is 12.1 Å². The maximum atomic E-state index is 10.3. The van der Waals surface area contributed by atoms with Gasteiger partial charge in [0.05, 0.1) is 5.52 Å². The van der Waals surface area contributed by atoms with E-state index in [4.69, 9.17) is 5.11 Å². The van der Waals surface area contributed by atoms with Crippen LogP contribution in [0.4, 0.5) is 0 Å². The first kappa shape index (κ1) is 9.28. The van der Waals surface area contributed by atoms with E-state index in [1.54, 1.807) is 11.7 Å². The second-order valence-corrected chi connectivity index (χ2v) is 3.04. The molecule has 4 heteroatoms. The number of carbonyl (C=O) groups is 1. The number of nitrogens with zero attached hydrogens (tertiary/aromatic N) is 2. The minimum atomic E-state index is -1.15. The molecule has 0 spiro atoms. The van der Waals surface area contributed by atoms with E-state index in [0.29, 0.717) is 5.69 Å². The van der Waals surface area contributed by atoms with Gasteiger partial charge in [0.25, 0.3) is 0 Å². The molecule has 15 heavy (non-hydrogen) atoms.